The summed E-state index contributed by atoms with van der Waals surface area (Å²) in [5, 5.41) is 0. The molecule has 0 aromatic heterocycles. The zero-order valence-corrected chi connectivity index (χ0v) is 17.0. The number of hydrogen-bond donors (Lipinski definition) is 0. The van der Waals surface area contributed by atoms with Gasteiger partial charge in [-0.3, -0.25) is 14.4 Å². The normalized spacial score (nSPS) is 20.1. The molecule has 1 aliphatic heterocycles. The van der Waals surface area contributed by atoms with Crippen LogP contribution in [-0.2, 0) is 28.6 Å². The Morgan fingerprint density at radius 3 is 1.07 bits per heavy atom. The van der Waals surface area contributed by atoms with Crippen LogP contribution in [0, 0.1) is 0 Å². The average molecular weight is 449 g/mol. The van der Waals surface area contributed by atoms with E-state index in [1.165, 1.54) is 0 Å². The van der Waals surface area contributed by atoms with Gasteiger partial charge >= 0.3 is 0 Å². The van der Waals surface area contributed by atoms with Gasteiger partial charge < -0.3 is 14.2 Å². The van der Waals surface area contributed by atoms with E-state index in [0.29, 0.717) is 18.9 Å². The number of aldehydes is 3. The largest absolute Gasteiger partial charge is 0.355 e. The van der Waals surface area contributed by atoms with E-state index in [0.717, 1.165) is 0 Å². The number of halogens is 3. The fourth-order valence-corrected chi connectivity index (χ4v) is 2.77. The van der Waals surface area contributed by atoms with Crippen LogP contribution in [0.4, 0.5) is 0 Å². The highest BCUT2D eigenvalue weighted by molar-refractivity contribution is 6.18. The molecule has 0 aliphatic carbocycles. The summed E-state index contributed by atoms with van der Waals surface area (Å²) in [7, 11) is 0. The Morgan fingerprint density at radius 2 is 0.889 bits per heavy atom. The van der Waals surface area contributed by atoms with Crippen LogP contribution in [0.5, 0.6) is 0 Å². The molecular formula is C15H24Cl3N3O6. The summed E-state index contributed by atoms with van der Waals surface area (Å²) in [6.45, 7) is 1.07. The Kier molecular flexibility index (Phi) is 13.4. The van der Waals surface area contributed by atoms with E-state index in [-0.39, 0.29) is 57.5 Å². The lowest BCUT2D eigenvalue weighted by Gasteiger charge is -2.46. The SMILES string of the molecule is O=CC(OCCCl)N1CN(C(C=O)OCCCl)CN(C(C=O)OCCCl)C1. The molecule has 0 spiro atoms. The zero-order chi connectivity index (χ0) is 20.1. The Balaban J connectivity index is 2.96. The summed E-state index contributed by atoms with van der Waals surface area (Å²) in [5.74, 6) is 0.658. The van der Waals surface area contributed by atoms with Gasteiger partial charge in [-0.1, -0.05) is 0 Å². The maximum absolute atomic E-state index is 11.5. The molecule has 1 fully saturated rings. The summed E-state index contributed by atoms with van der Waals surface area (Å²) in [6, 6.07) is 0. The van der Waals surface area contributed by atoms with Crippen molar-refractivity contribution in [2.45, 2.75) is 18.7 Å². The zero-order valence-electron chi connectivity index (χ0n) is 14.8. The van der Waals surface area contributed by atoms with E-state index < -0.39 is 18.7 Å². The molecule has 0 radical (unpaired) electrons. The van der Waals surface area contributed by atoms with Crippen molar-refractivity contribution in [1.82, 2.24) is 14.7 Å². The molecule has 3 atom stereocenters. The second kappa shape index (κ2) is 14.6. The third-order valence-corrected chi connectivity index (χ3v) is 4.08. The molecule has 156 valence electrons. The fraction of sp³-hybridized carbons (Fsp3) is 0.800. The van der Waals surface area contributed by atoms with Crippen molar-refractivity contribution in [3.05, 3.63) is 0 Å². The minimum atomic E-state index is -0.908. The molecule has 0 N–H and O–H groups in total. The van der Waals surface area contributed by atoms with Gasteiger partial charge in [0.25, 0.3) is 0 Å². The van der Waals surface area contributed by atoms with Gasteiger partial charge in [0, 0.05) is 17.6 Å². The van der Waals surface area contributed by atoms with Crippen molar-refractivity contribution in [1.29, 1.82) is 0 Å². The van der Waals surface area contributed by atoms with Crippen LogP contribution in [0.3, 0.4) is 0 Å². The van der Waals surface area contributed by atoms with Crippen molar-refractivity contribution in [3.63, 3.8) is 0 Å². The molecule has 3 unspecified atom stereocenters. The molecule has 12 heteroatoms. The molecule has 27 heavy (non-hydrogen) atoms. The van der Waals surface area contributed by atoms with Crippen LogP contribution < -0.4 is 0 Å². The average Bonchev–Trinajstić information content (AvgIpc) is 2.70. The lowest BCUT2D eigenvalue weighted by molar-refractivity contribution is -0.200. The Hall–Kier alpha value is -0.360. The topological polar surface area (TPSA) is 88.6 Å². The van der Waals surface area contributed by atoms with E-state index in [4.69, 9.17) is 49.0 Å². The van der Waals surface area contributed by atoms with Crippen LogP contribution in [0.25, 0.3) is 0 Å². The van der Waals surface area contributed by atoms with Crippen molar-refractivity contribution in [2.75, 3.05) is 57.5 Å². The predicted octanol–water partition coefficient (Wildman–Crippen LogP) is 0.120. The number of hydrogen-bond acceptors (Lipinski definition) is 9. The highest BCUT2D eigenvalue weighted by Crippen LogP contribution is 2.17. The highest BCUT2D eigenvalue weighted by atomic mass is 35.5. The van der Waals surface area contributed by atoms with Gasteiger partial charge in [-0.25, -0.2) is 14.7 Å². The monoisotopic (exact) mass is 447 g/mol. The molecule has 0 bridgehead atoms. The summed E-state index contributed by atoms with van der Waals surface area (Å²) in [4.78, 5) is 39.3. The molecule has 9 nitrogen and oxygen atoms in total. The highest BCUT2D eigenvalue weighted by Gasteiger charge is 2.35. The predicted molar refractivity (Wildman–Crippen MR) is 99.7 cm³/mol. The summed E-state index contributed by atoms with van der Waals surface area (Å²) in [5.41, 5.74) is 0. The Labute approximate surface area is 173 Å². The molecule has 0 aromatic carbocycles. The standard InChI is InChI=1S/C15H24Cl3N3O6/c16-1-4-25-13(7-22)19-10-20(14(8-23)26-5-2-17)12-21(11-19)15(9-24)27-6-3-18/h7-9,13-15H,1-6,10-12H2. The number of carbonyl (C=O) groups is 3. The van der Waals surface area contributed by atoms with E-state index in [2.05, 4.69) is 0 Å². The molecule has 1 aliphatic rings. The summed E-state index contributed by atoms with van der Waals surface area (Å²) >= 11 is 16.9. The summed E-state index contributed by atoms with van der Waals surface area (Å²) in [6.07, 6.45) is -0.850. The van der Waals surface area contributed by atoms with Crippen LogP contribution in [0.2, 0.25) is 0 Å². The van der Waals surface area contributed by atoms with E-state index in [9.17, 15) is 14.4 Å². The van der Waals surface area contributed by atoms with Crippen LogP contribution >= 0.6 is 34.8 Å². The van der Waals surface area contributed by atoms with E-state index >= 15 is 0 Å². The molecule has 0 amide bonds. The molecule has 1 rings (SSSR count). The first kappa shape index (κ1) is 24.7. The molecule has 0 saturated carbocycles. The second-order valence-corrected chi connectivity index (χ2v) is 6.58. The fourth-order valence-electron chi connectivity index (χ4n) is 2.51. The van der Waals surface area contributed by atoms with Crippen LogP contribution in [0.1, 0.15) is 0 Å². The van der Waals surface area contributed by atoms with Gasteiger partial charge in [0.05, 0.1) is 39.8 Å². The lowest BCUT2D eigenvalue weighted by Crippen LogP contribution is -2.64. The maximum Gasteiger partial charge on any atom is 0.169 e. The third-order valence-electron chi connectivity index (χ3n) is 3.62. The van der Waals surface area contributed by atoms with Gasteiger partial charge in [0.1, 0.15) is 0 Å². The first-order valence-corrected chi connectivity index (χ1v) is 9.86. The number of nitrogens with zero attached hydrogens (tertiary/aromatic N) is 3. The van der Waals surface area contributed by atoms with Crippen molar-refractivity contribution < 1.29 is 28.6 Å². The minimum Gasteiger partial charge on any atom is -0.355 e. The van der Waals surface area contributed by atoms with Gasteiger partial charge in [0.15, 0.2) is 37.5 Å². The lowest BCUT2D eigenvalue weighted by atomic mass is 10.4. The molecular weight excluding hydrogens is 425 g/mol. The number of alkyl halides is 3. The van der Waals surface area contributed by atoms with Gasteiger partial charge in [-0.15, -0.1) is 34.8 Å². The number of carbonyl (C=O) groups excluding carboxylic acids is 3. The first-order valence-electron chi connectivity index (χ1n) is 8.25. The Morgan fingerprint density at radius 1 is 0.630 bits per heavy atom. The van der Waals surface area contributed by atoms with Crippen molar-refractivity contribution in [2.24, 2.45) is 0 Å². The van der Waals surface area contributed by atoms with E-state index in [1.54, 1.807) is 14.7 Å². The molecule has 0 aromatic rings. The summed E-state index contributed by atoms with van der Waals surface area (Å²) < 4.78 is 16.3. The molecule has 1 heterocycles. The van der Waals surface area contributed by atoms with Crippen molar-refractivity contribution in [3.8, 4) is 0 Å². The minimum absolute atomic E-state index is 0.168. The Bertz CT molecular complexity index is 383. The quantitative estimate of drug-likeness (QED) is 0.256. The third kappa shape index (κ3) is 8.26. The second-order valence-electron chi connectivity index (χ2n) is 5.45. The number of ether oxygens (including phenoxy) is 3. The smallest absolute Gasteiger partial charge is 0.169 e. The van der Waals surface area contributed by atoms with Gasteiger partial charge in [-0.05, 0) is 0 Å². The molecule has 1 saturated heterocycles. The van der Waals surface area contributed by atoms with Crippen LogP contribution in [-0.4, -0.2) is 110 Å². The van der Waals surface area contributed by atoms with Gasteiger partial charge in [-0.2, -0.15) is 0 Å². The first-order chi connectivity index (χ1) is 13.1. The van der Waals surface area contributed by atoms with Crippen LogP contribution in [0.15, 0.2) is 0 Å². The number of rotatable bonds is 15. The van der Waals surface area contributed by atoms with Crippen molar-refractivity contribution >= 4 is 53.7 Å². The van der Waals surface area contributed by atoms with Gasteiger partial charge in [0.2, 0.25) is 0 Å². The maximum atomic E-state index is 11.5. The van der Waals surface area contributed by atoms with E-state index in [1.807, 2.05) is 0 Å².